The maximum atomic E-state index is 14.8. The van der Waals surface area contributed by atoms with Crippen LogP contribution in [0.1, 0.15) is 31.0 Å². The van der Waals surface area contributed by atoms with E-state index >= 15 is 0 Å². The molecular formula is C24H24F5N5O3S. The Balaban J connectivity index is 1.47. The first-order valence-corrected chi connectivity index (χ1v) is 12.5. The molecule has 14 heteroatoms. The molecule has 2 N–H and O–H groups in total. The van der Waals surface area contributed by atoms with Crippen molar-refractivity contribution in [2.24, 2.45) is 5.41 Å². The number of hydrogen-bond donors (Lipinski definition) is 2. The normalized spacial score (nSPS) is 20.3. The summed E-state index contributed by atoms with van der Waals surface area (Å²) in [5.74, 6) is -3.15. The number of anilines is 2. The molecule has 3 aromatic heterocycles. The van der Waals surface area contributed by atoms with Gasteiger partial charge < -0.3 is 15.2 Å². The lowest BCUT2D eigenvalue weighted by atomic mass is 9.72. The minimum absolute atomic E-state index is 0.00115. The first-order chi connectivity index (χ1) is 18.0. The van der Waals surface area contributed by atoms with Gasteiger partial charge in [-0.15, -0.1) is 11.3 Å². The zero-order valence-electron chi connectivity index (χ0n) is 20.1. The Kier molecular flexibility index (Phi) is 8.11. The molecule has 8 nitrogen and oxygen atoms in total. The van der Waals surface area contributed by atoms with Gasteiger partial charge in [-0.05, 0) is 44.5 Å². The van der Waals surface area contributed by atoms with Gasteiger partial charge in [0.15, 0.2) is 17.6 Å². The van der Waals surface area contributed by atoms with Gasteiger partial charge in [0, 0.05) is 42.3 Å². The number of nitrogens with one attached hydrogen (secondary N) is 1. The Bertz CT molecular complexity index is 1280. The van der Waals surface area contributed by atoms with Gasteiger partial charge in [-0.25, -0.2) is 23.7 Å². The lowest BCUT2D eigenvalue weighted by Gasteiger charge is -2.43. The number of piperidine rings is 1. The summed E-state index contributed by atoms with van der Waals surface area (Å²) in [6.45, 7) is 0.327. The highest BCUT2D eigenvalue weighted by Crippen LogP contribution is 2.39. The van der Waals surface area contributed by atoms with E-state index in [0.29, 0.717) is 10.9 Å². The molecule has 4 heterocycles. The number of carboxylic acid groups (broad SMARTS) is 1. The SMILES string of the molecule is CC1CC(Cc2nc(Nc3nccs3)ccc2F)(C(=O)O)CCN1Cc1ccnc(OCC(F)(F)F)c1F. The van der Waals surface area contributed by atoms with E-state index < -0.39 is 41.7 Å². The fourth-order valence-corrected chi connectivity index (χ4v) is 5.02. The fraction of sp³-hybridized carbons (Fsp3) is 0.417. The van der Waals surface area contributed by atoms with E-state index in [-0.39, 0.29) is 49.7 Å². The molecule has 1 fully saturated rings. The third-order valence-corrected chi connectivity index (χ3v) is 7.10. The highest BCUT2D eigenvalue weighted by atomic mass is 32.1. The summed E-state index contributed by atoms with van der Waals surface area (Å²) >= 11 is 1.33. The van der Waals surface area contributed by atoms with Crippen molar-refractivity contribution < 1.29 is 36.6 Å². The van der Waals surface area contributed by atoms with Crippen LogP contribution in [0.3, 0.4) is 0 Å². The second-order valence-corrected chi connectivity index (χ2v) is 10.0. The van der Waals surface area contributed by atoms with Crippen molar-refractivity contribution in [1.82, 2.24) is 19.9 Å². The molecule has 0 amide bonds. The Morgan fingerprint density at radius 2 is 2.05 bits per heavy atom. The predicted molar refractivity (Wildman–Crippen MR) is 128 cm³/mol. The summed E-state index contributed by atoms with van der Waals surface area (Å²) < 4.78 is 71.3. The van der Waals surface area contributed by atoms with Gasteiger partial charge in [0.1, 0.15) is 11.6 Å². The number of rotatable bonds is 9. The summed E-state index contributed by atoms with van der Waals surface area (Å²) in [5, 5.41) is 15.4. The van der Waals surface area contributed by atoms with E-state index in [0.717, 1.165) is 6.20 Å². The third kappa shape index (κ3) is 6.54. The number of aromatic nitrogens is 3. The van der Waals surface area contributed by atoms with Crippen LogP contribution >= 0.6 is 11.3 Å². The molecule has 1 saturated heterocycles. The van der Waals surface area contributed by atoms with Crippen molar-refractivity contribution in [1.29, 1.82) is 0 Å². The standard InChI is InChI=1S/C24H24F5N5O3S/c1-14-10-23(21(35)36,11-17-16(25)2-3-18(32-17)33-22-31-7-9-38-22)5-8-34(14)12-15-4-6-30-20(19(15)26)37-13-24(27,28)29/h2-4,6-7,9,14H,5,8,10-13H2,1H3,(H,35,36)(H,31,32,33). The average molecular weight is 558 g/mol. The number of likely N-dealkylation sites (tertiary alicyclic amines) is 1. The molecule has 0 radical (unpaired) electrons. The van der Waals surface area contributed by atoms with Crippen LogP contribution in [0.2, 0.25) is 0 Å². The van der Waals surface area contributed by atoms with Crippen LogP contribution in [0.15, 0.2) is 36.0 Å². The molecule has 38 heavy (non-hydrogen) atoms. The van der Waals surface area contributed by atoms with E-state index in [1.807, 2.05) is 4.90 Å². The largest absolute Gasteiger partial charge is 0.481 e. The molecule has 204 valence electrons. The summed E-state index contributed by atoms with van der Waals surface area (Å²) in [6.07, 6.45) is -1.79. The van der Waals surface area contributed by atoms with Gasteiger partial charge in [-0.2, -0.15) is 13.2 Å². The van der Waals surface area contributed by atoms with Crippen LogP contribution in [0, 0.1) is 17.0 Å². The maximum Gasteiger partial charge on any atom is 0.422 e. The molecule has 4 rings (SSSR count). The topological polar surface area (TPSA) is 100 Å². The van der Waals surface area contributed by atoms with Crippen molar-refractivity contribution in [3.8, 4) is 5.88 Å². The van der Waals surface area contributed by atoms with Crippen molar-refractivity contribution in [2.45, 2.75) is 44.9 Å². The summed E-state index contributed by atoms with van der Waals surface area (Å²) in [6, 6.07) is 3.62. The molecule has 0 saturated carbocycles. The van der Waals surface area contributed by atoms with Crippen LogP contribution in [0.25, 0.3) is 0 Å². The molecule has 0 aromatic carbocycles. The number of nitrogens with zero attached hydrogens (tertiary/aromatic N) is 4. The van der Waals surface area contributed by atoms with E-state index in [1.54, 1.807) is 18.5 Å². The van der Waals surface area contributed by atoms with Crippen molar-refractivity contribution >= 4 is 28.3 Å². The molecular weight excluding hydrogens is 533 g/mol. The highest BCUT2D eigenvalue weighted by molar-refractivity contribution is 7.13. The molecule has 0 bridgehead atoms. The summed E-state index contributed by atoms with van der Waals surface area (Å²) in [7, 11) is 0. The lowest BCUT2D eigenvalue weighted by Crippen LogP contribution is -2.50. The van der Waals surface area contributed by atoms with Crippen LogP contribution in [-0.2, 0) is 17.8 Å². The molecule has 1 aliphatic heterocycles. The number of halogens is 5. The maximum absolute atomic E-state index is 14.8. The number of carbonyl (C=O) groups is 1. The number of ether oxygens (including phenoxy) is 1. The smallest absolute Gasteiger partial charge is 0.422 e. The van der Waals surface area contributed by atoms with E-state index in [2.05, 4.69) is 25.0 Å². The second-order valence-electron chi connectivity index (χ2n) is 9.12. The quantitative estimate of drug-likeness (QED) is 0.347. The summed E-state index contributed by atoms with van der Waals surface area (Å²) in [5.41, 5.74) is -1.25. The number of hydrogen-bond acceptors (Lipinski definition) is 8. The molecule has 1 aliphatic rings. The molecule has 3 aromatic rings. The second kappa shape index (κ2) is 11.2. The predicted octanol–water partition coefficient (Wildman–Crippen LogP) is 5.19. The van der Waals surface area contributed by atoms with Crippen LogP contribution in [0.4, 0.5) is 32.9 Å². The van der Waals surface area contributed by atoms with Gasteiger partial charge in [-0.3, -0.25) is 9.69 Å². The number of pyridine rings is 2. The highest BCUT2D eigenvalue weighted by Gasteiger charge is 2.45. The fourth-order valence-electron chi connectivity index (χ4n) is 4.49. The van der Waals surface area contributed by atoms with Gasteiger partial charge in [0.25, 0.3) is 5.88 Å². The molecule has 0 spiro atoms. The Labute approximate surface area is 218 Å². The van der Waals surface area contributed by atoms with E-state index in [1.165, 1.54) is 29.5 Å². The first-order valence-electron chi connectivity index (χ1n) is 11.6. The lowest BCUT2D eigenvalue weighted by molar-refractivity contribution is -0.155. The average Bonchev–Trinajstić information content (AvgIpc) is 3.36. The first kappa shape index (κ1) is 27.6. The van der Waals surface area contributed by atoms with Crippen LogP contribution in [0.5, 0.6) is 5.88 Å². The number of aliphatic carboxylic acids is 1. The Hall–Kier alpha value is -3.39. The minimum atomic E-state index is -4.64. The zero-order chi connectivity index (χ0) is 27.5. The van der Waals surface area contributed by atoms with Gasteiger partial charge in [0.05, 0.1) is 11.1 Å². The van der Waals surface area contributed by atoms with Crippen LogP contribution < -0.4 is 10.1 Å². The summed E-state index contributed by atoms with van der Waals surface area (Å²) in [4.78, 5) is 26.2. The molecule has 0 aliphatic carbocycles. The number of alkyl halides is 3. The number of carboxylic acids is 1. The van der Waals surface area contributed by atoms with Crippen molar-refractivity contribution in [3.63, 3.8) is 0 Å². The molecule has 2 unspecified atom stereocenters. The third-order valence-electron chi connectivity index (χ3n) is 6.42. The van der Waals surface area contributed by atoms with Gasteiger partial charge in [-0.1, -0.05) is 0 Å². The van der Waals surface area contributed by atoms with E-state index in [9.17, 15) is 31.9 Å². The van der Waals surface area contributed by atoms with Gasteiger partial charge in [0.2, 0.25) is 0 Å². The van der Waals surface area contributed by atoms with Crippen molar-refractivity contribution in [3.05, 3.63) is 58.9 Å². The Morgan fingerprint density at radius 3 is 2.71 bits per heavy atom. The van der Waals surface area contributed by atoms with Crippen LogP contribution in [-0.4, -0.2) is 56.3 Å². The van der Waals surface area contributed by atoms with Crippen molar-refractivity contribution in [2.75, 3.05) is 18.5 Å². The van der Waals surface area contributed by atoms with E-state index in [4.69, 9.17) is 0 Å². The Morgan fingerprint density at radius 1 is 1.26 bits per heavy atom. The monoisotopic (exact) mass is 557 g/mol. The number of thiazole rings is 1. The zero-order valence-corrected chi connectivity index (χ0v) is 21.0. The molecule has 2 atom stereocenters. The minimum Gasteiger partial charge on any atom is -0.481 e. The van der Waals surface area contributed by atoms with Gasteiger partial charge >= 0.3 is 12.1 Å².